The van der Waals surface area contributed by atoms with E-state index >= 15 is 0 Å². The predicted octanol–water partition coefficient (Wildman–Crippen LogP) is 1.43. The number of fused-ring (bicyclic) bond motifs is 1. The van der Waals surface area contributed by atoms with Gasteiger partial charge in [0.25, 0.3) is 0 Å². The minimum absolute atomic E-state index is 0.0507. The van der Waals surface area contributed by atoms with Gasteiger partial charge < -0.3 is 15.2 Å². The van der Waals surface area contributed by atoms with Gasteiger partial charge in [0.05, 0.1) is 0 Å². The first-order valence-electron chi connectivity index (χ1n) is 10.3. The van der Waals surface area contributed by atoms with E-state index < -0.39 is 0 Å². The third-order valence-electron chi connectivity index (χ3n) is 5.66. The molecule has 1 amide bonds. The highest BCUT2D eigenvalue weighted by atomic mass is 16.1. The van der Waals surface area contributed by atoms with Gasteiger partial charge in [-0.2, -0.15) is 0 Å². The number of nitrogens with one attached hydrogen (secondary N) is 2. The maximum Gasteiger partial charge on any atom is 0.216 e. The number of rotatable bonds is 8. The molecular formula is C21H29N7O. The molecule has 1 aromatic carbocycles. The highest BCUT2D eigenvalue weighted by molar-refractivity contribution is 5.85. The fourth-order valence-electron chi connectivity index (χ4n) is 3.99. The molecule has 1 aliphatic heterocycles. The molecule has 2 aromatic heterocycles. The van der Waals surface area contributed by atoms with Gasteiger partial charge in [0.15, 0.2) is 0 Å². The lowest BCUT2D eigenvalue weighted by molar-refractivity contribution is -0.119. The molecule has 0 radical (unpaired) electrons. The fraction of sp³-hybridized carbons (Fsp3) is 0.476. The summed E-state index contributed by atoms with van der Waals surface area (Å²) in [5, 5.41) is 11.9. The third-order valence-corrected chi connectivity index (χ3v) is 5.66. The Morgan fingerprint density at radius 2 is 1.83 bits per heavy atom. The average Bonchev–Trinajstić information content (AvgIpc) is 3.39. The standard InChI is InChI=1S/C21H29N7O/c1-17(29)22-6-8-27-11-9-26(10-12-27)7-2-3-18-14-23-21-5-4-19(13-20(18)21)28-15-24-25-16-28/h4-5,13-16,23H,2-3,6-12H2,1H3,(H,22,29). The van der Waals surface area contributed by atoms with E-state index in [9.17, 15) is 4.79 Å². The van der Waals surface area contributed by atoms with E-state index in [0.29, 0.717) is 0 Å². The third kappa shape index (κ3) is 5.02. The Balaban J connectivity index is 1.25. The molecule has 3 aromatic rings. The van der Waals surface area contributed by atoms with Crippen LogP contribution in [0.25, 0.3) is 16.6 Å². The molecule has 1 fully saturated rings. The first kappa shape index (κ1) is 19.6. The molecule has 0 saturated carbocycles. The normalized spacial score (nSPS) is 15.8. The molecule has 8 heteroatoms. The zero-order chi connectivity index (χ0) is 20.1. The van der Waals surface area contributed by atoms with Crippen LogP contribution in [0.4, 0.5) is 0 Å². The molecular weight excluding hydrogens is 366 g/mol. The first-order valence-corrected chi connectivity index (χ1v) is 10.3. The van der Waals surface area contributed by atoms with Gasteiger partial charge in [-0.3, -0.25) is 14.3 Å². The van der Waals surface area contributed by atoms with Gasteiger partial charge in [-0.25, -0.2) is 0 Å². The predicted molar refractivity (Wildman–Crippen MR) is 113 cm³/mol. The van der Waals surface area contributed by atoms with Gasteiger partial charge in [0.1, 0.15) is 12.7 Å². The van der Waals surface area contributed by atoms with Crippen molar-refractivity contribution in [3.8, 4) is 5.69 Å². The first-order chi connectivity index (χ1) is 14.2. The number of hydrogen-bond acceptors (Lipinski definition) is 5. The lowest BCUT2D eigenvalue weighted by atomic mass is 10.1. The maximum absolute atomic E-state index is 11.0. The molecule has 0 unspecified atom stereocenters. The lowest BCUT2D eigenvalue weighted by Crippen LogP contribution is -2.48. The second-order valence-electron chi connectivity index (χ2n) is 7.68. The van der Waals surface area contributed by atoms with Crippen LogP contribution < -0.4 is 5.32 Å². The number of hydrogen-bond donors (Lipinski definition) is 2. The second kappa shape index (κ2) is 9.19. The molecule has 0 atom stereocenters. The molecule has 0 bridgehead atoms. The summed E-state index contributed by atoms with van der Waals surface area (Å²) >= 11 is 0. The molecule has 154 valence electrons. The Morgan fingerprint density at radius 3 is 2.55 bits per heavy atom. The number of benzene rings is 1. The number of aromatic amines is 1. The highest BCUT2D eigenvalue weighted by Crippen LogP contribution is 2.23. The number of aryl methyl sites for hydroxylation is 1. The molecule has 29 heavy (non-hydrogen) atoms. The number of carbonyl (C=O) groups is 1. The van der Waals surface area contributed by atoms with Gasteiger partial charge in [-0.1, -0.05) is 0 Å². The Labute approximate surface area is 170 Å². The van der Waals surface area contributed by atoms with E-state index in [4.69, 9.17) is 0 Å². The topological polar surface area (TPSA) is 82.1 Å². The molecule has 8 nitrogen and oxygen atoms in total. The summed E-state index contributed by atoms with van der Waals surface area (Å²) in [4.78, 5) is 19.3. The summed E-state index contributed by atoms with van der Waals surface area (Å²) in [6.45, 7) is 8.74. The summed E-state index contributed by atoms with van der Waals surface area (Å²) in [5.41, 5.74) is 3.62. The number of nitrogens with zero attached hydrogens (tertiary/aromatic N) is 5. The second-order valence-corrected chi connectivity index (χ2v) is 7.68. The van der Waals surface area contributed by atoms with Gasteiger partial charge in [-0.05, 0) is 43.1 Å². The number of piperazine rings is 1. The number of aromatic nitrogens is 4. The van der Waals surface area contributed by atoms with Gasteiger partial charge in [-0.15, -0.1) is 10.2 Å². The van der Waals surface area contributed by atoms with Crippen LogP contribution in [0.1, 0.15) is 18.9 Å². The van der Waals surface area contributed by atoms with Crippen molar-refractivity contribution in [1.29, 1.82) is 0 Å². The fourth-order valence-corrected chi connectivity index (χ4v) is 3.99. The van der Waals surface area contributed by atoms with E-state index in [1.807, 2.05) is 4.57 Å². The van der Waals surface area contributed by atoms with Crippen molar-refractivity contribution in [3.63, 3.8) is 0 Å². The van der Waals surface area contributed by atoms with Crippen molar-refractivity contribution in [2.24, 2.45) is 0 Å². The Bertz CT molecular complexity index is 926. The van der Waals surface area contributed by atoms with Crippen molar-refractivity contribution in [2.75, 3.05) is 45.8 Å². The molecule has 1 aliphatic rings. The minimum atomic E-state index is 0.0507. The lowest BCUT2D eigenvalue weighted by Gasteiger charge is -2.34. The SMILES string of the molecule is CC(=O)NCCN1CCN(CCCc2c[nH]c3ccc(-n4cnnc4)cc23)CC1. The zero-order valence-electron chi connectivity index (χ0n) is 17.0. The zero-order valence-corrected chi connectivity index (χ0v) is 17.0. The van der Waals surface area contributed by atoms with Crippen LogP contribution in [0.3, 0.4) is 0 Å². The molecule has 4 rings (SSSR count). The number of carbonyl (C=O) groups excluding carboxylic acids is 1. The maximum atomic E-state index is 11.0. The van der Waals surface area contributed by atoms with Crippen LogP contribution in [-0.4, -0.2) is 81.3 Å². The summed E-state index contributed by atoms with van der Waals surface area (Å²) in [7, 11) is 0. The van der Waals surface area contributed by atoms with E-state index in [1.54, 1.807) is 19.6 Å². The average molecular weight is 396 g/mol. The largest absolute Gasteiger partial charge is 0.361 e. The molecule has 2 N–H and O–H groups in total. The van der Waals surface area contributed by atoms with Crippen molar-refractivity contribution < 1.29 is 4.79 Å². The van der Waals surface area contributed by atoms with E-state index in [0.717, 1.165) is 64.3 Å². The summed E-state index contributed by atoms with van der Waals surface area (Å²) in [6, 6.07) is 6.41. The van der Waals surface area contributed by atoms with Crippen LogP contribution in [-0.2, 0) is 11.2 Å². The van der Waals surface area contributed by atoms with Crippen molar-refractivity contribution in [3.05, 3.63) is 42.6 Å². The molecule has 0 aliphatic carbocycles. The summed E-state index contributed by atoms with van der Waals surface area (Å²) in [5.74, 6) is 0.0507. The van der Waals surface area contributed by atoms with Gasteiger partial charge in [0, 0.05) is 69.0 Å². The number of H-pyrrole nitrogens is 1. The van der Waals surface area contributed by atoms with Crippen LogP contribution in [0.2, 0.25) is 0 Å². The monoisotopic (exact) mass is 395 g/mol. The van der Waals surface area contributed by atoms with Gasteiger partial charge in [0.2, 0.25) is 5.91 Å². The Morgan fingerprint density at radius 1 is 1.10 bits per heavy atom. The smallest absolute Gasteiger partial charge is 0.216 e. The van der Waals surface area contributed by atoms with E-state index in [1.165, 1.54) is 16.5 Å². The van der Waals surface area contributed by atoms with Crippen molar-refractivity contribution in [1.82, 2.24) is 34.9 Å². The van der Waals surface area contributed by atoms with Crippen LogP contribution in [0.15, 0.2) is 37.1 Å². The minimum Gasteiger partial charge on any atom is -0.361 e. The summed E-state index contributed by atoms with van der Waals surface area (Å²) in [6.07, 6.45) is 7.80. The summed E-state index contributed by atoms with van der Waals surface area (Å²) < 4.78 is 1.93. The van der Waals surface area contributed by atoms with Crippen molar-refractivity contribution in [2.45, 2.75) is 19.8 Å². The highest BCUT2D eigenvalue weighted by Gasteiger charge is 2.16. The molecule has 1 saturated heterocycles. The molecule has 0 spiro atoms. The molecule has 3 heterocycles. The van der Waals surface area contributed by atoms with Crippen LogP contribution in [0, 0.1) is 0 Å². The quantitative estimate of drug-likeness (QED) is 0.603. The van der Waals surface area contributed by atoms with Crippen LogP contribution in [0.5, 0.6) is 0 Å². The van der Waals surface area contributed by atoms with E-state index in [-0.39, 0.29) is 5.91 Å². The van der Waals surface area contributed by atoms with E-state index in [2.05, 4.69) is 54.7 Å². The number of amides is 1. The van der Waals surface area contributed by atoms with Gasteiger partial charge >= 0.3 is 0 Å². The Kier molecular flexibility index (Phi) is 6.21. The van der Waals surface area contributed by atoms with Crippen LogP contribution >= 0.6 is 0 Å². The van der Waals surface area contributed by atoms with Crippen molar-refractivity contribution >= 4 is 16.8 Å². The Hall–Kier alpha value is -2.71.